The zero-order valence-corrected chi connectivity index (χ0v) is 14.3. The molecule has 1 aromatic heterocycles. The lowest BCUT2D eigenvalue weighted by molar-refractivity contribution is 0.296. The van der Waals surface area contributed by atoms with Gasteiger partial charge in [0.05, 0.1) is 11.5 Å². The third-order valence-electron chi connectivity index (χ3n) is 4.42. The quantitative estimate of drug-likeness (QED) is 0.700. The Morgan fingerprint density at radius 1 is 1.05 bits per heavy atom. The molecule has 0 unspecified atom stereocenters. The number of aryl methyl sites for hydroxylation is 1. The minimum absolute atomic E-state index is 0.294. The van der Waals surface area contributed by atoms with Crippen molar-refractivity contribution in [2.75, 3.05) is 0 Å². The van der Waals surface area contributed by atoms with E-state index >= 15 is 0 Å². The summed E-state index contributed by atoms with van der Waals surface area (Å²) in [6.07, 6.45) is 0. The van der Waals surface area contributed by atoms with Crippen LogP contribution >= 0.6 is 11.3 Å². The summed E-state index contributed by atoms with van der Waals surface area (Å²) in [5.74, 6) is 0.589. The third-order valence-corrected chi connectivity index (χ3v) is 5.40. The van der Waals surface area contributed by atoms with Crippen LogP contribution in [0.5, 0.6) is 0 Å². The SMILES string of the molecule is Cc1ccc(-c2cc(C(C#N)(C(C)C)C(C)C)cs2)cc1. The average molecular weight is 297 g/mol. The van der Waals surface area contributed by atoms with Crippen molar-refractivity contribution < 1.29 is 0 Å². The minimum Gasteiger partial charge on any atom is -0.197 e. The van der Waals surface area contributed by atoms with Crippen molar-refractivity contribution in [3.05, 3.63) is 46.8 Å². The minimum atomic E-state index is -0.403. The van der Waals surface area contributed by atoms with E-state index < -0.39 is 5.41 Å². The van der Waals surface area contributed by atoms with Gasteiger partial charge in [-0.3, -0.25) is 0 Å². The Balaban J connectivity index is 2.47. The van der Waals surface area contributed by atoms with Gasteiger partial charge in [-0.25, -0.2) is 0 Å². The molecule has 110 valence electrons. The van der Waals surface area contributed by atoms with E-state index in [9.17, 15) is 5.26 Å². The maximum absolute atomic E-state index is 9.84. The smallest absolute Gasteiger partial charge is 0.0876 e. The summed E-state index contributed by atoms with van der Waals surface area (Å²) in [7, 11) is 0. The van der Waals surface area contributed by atoms with Gasteiger partial charge in [0.1, 0.15) is 0 Å². The molecule has 21 heavy (non-hydrogen) atoms. The number of nitrogens with zero attached hydrogens (tertiary/aromatic N) is 1. The van der Waals surface area contributed by atoms with Crippen LogP contribution in [0.4, 0.5) is 0 Å². The van der Waals surface area contributed by atoms with Gasteiger partial charge in [0, 0.05) is 4.88 Å². The number of hydrogen-bond acceptors (Lipinski definition) is 2. The van der Waals surface area contributed by atoms with Crippen LogP contribution in [0.25, 0.3) is 10.4 Å². The molecule has 0 aliphatic rings. The molecule has 0 spiro atoms. The predicted molar refractivity (Wildman–Crippen MR) is 91.5 cm³/mol. The second-order valence-corrected chi connectivity index (χ2v) is 7.27. The number of thiophene rings is 1. The molecule has 1 nitrogen and oxygen atoms in total. The van der Waals surface area contributed by atoms with E-state index in [-0.39, 0.29) is 0 Å². The molecule has 2 heteroatoms. The fraction of sp³-hybridized carbons (Fsp3) is 0.421. The van der Waals surface area contributed by atoms with Gasteiger partial charge < -0.3 is 0 Å². The lowest BCUT2D eigenvalue weighted by Gasteiger charge is -2.34. The molecule has 0 aliphatic carbocycles. The van der Waals surface area contributed by atoms with Crippen molar-refractivity contribution in [1.29, 1.82) is 5.26 Å². The second-order valence-electron chi connectivity index (χ2n) is 6.36. The Hall–Kier alpha value is -1.59. The molecule has 1 aromatic carbocycles. The average Bonchev–Trinajstić information content (AvgIpc) is 2.90. The van der Waals surface area contributed by atoms with E-state index in [1.54, 1.807) is 11.3 Å². The molecule has 2 rings (SSSR count). The Kier molecular flexibility index (Phi) is 4.54. The molecule has 0 N–H and O–H groups in total. The third kappa shape index (κ3) is 2.76. The van der Waals surface area contributed by atoms with Gasteiger partial charge in [0.2, 0.25) is 0 Å². The van der Waals surface area contributed by atoms with Gasteiger partial charge in [0.15, 0.2) is 0 Å². The monoisotopic (exact) mass is 297 g/mol. The Morgan fingerprint density at radius 2 is 1.62 bits per heavy atom. The highest BCUT2D eigenvalue weighted by molar-refractivity contribution is 7.13. The van der Waals surface area contributed by atoms with E-state index in [2.05, 4.69) is 76.4 Å². The van der Waals surface area contributed by atoms with Crippen LogP contribution in [0.1, 0.15) is 38.8 Å². The number of benzene rings is 1. The fourth-order valence-corrected chi connectivity index (χ4v) is 4.06. The van der Waals surface area contributed by atoms with Crippen LogP contribution in [0.15, 0.2) is 35.7 Å². The van der Waals surface area contributed by atoms with Crippen LogP contribution in [0.2, 0.25) is 0 Å². The first-order chi connectivity index (χ1) is 9.91. The molecule has 0 radical (unpaired) electrons. The van der Waals surface area contributed by atoms with Crippen LogP contribution in [0, 0.1) is 30.1 Å². The van der Waals surface area contributed by atoms with E-state index in [0.29, 0.717) is 11.8 Å². The first-order valence-corrected chi connectivity index (χ1v) is 8.37. The van der Waals surface area contributed by atoms with Crippen molar-refractivity contribution >= 4 is 11.3 Å². The Bertz CT molecular complexity index is 633. The highest BCUT2D eigenvalue weighted by atomic mass is 32.1. The van der Waals surface area contributed by atoms with Gasteiger partial charge in [0.25, 0.3) is 0 Å². The molecule has 0 atom stereocenters. The fourth-order valence-electron chi connectivity index (χ4n) is 3.08. The van der Waals surface area contributed by atoms with Crippen molar-refractivity contribution in [2.45, 2.75) is 40.0 Å². The molecule has 0 aliphatic heterocycles. The maximum Gasteiger partial charge on any atom is 0.0876 e. The summed E-state index contributed by atoms with van der Waals surface area (Å²) in [4.78, 5) is 1.24. The summed E-state index contributed by atoms with van der Waals surface area (Å²) >= 11 is 1.73. The summed E-state index contributed by atoms with van der Waals surface area (Å²) in [6.45, 7) is 10.7. The first kappa shape index (κ1) is 15.8. The number of hydrogen-bond donors (Lipinski definition) is 0. The van der Waals surface area contributed by atoms with Crippen LogP contribution in [0.3, 0.4) is 0 Å². The van der Waals surface area contributed by atoms with Crippen molar-refractivity contribution in [2.24, 2.45) is 11.8 Å². The van der Waals surface area contributed by atoms with Gasteiger partial charge in [-0.05, 0) is 41.3 Å². The molecule has 0 amide bonds. The molecule has 1 heterocycles. The normalized spacial score (nSPS) is 11.9. The van der Waals surface area contributed by atoms with Gasteiger partial charge in [-0.2, -0.15) is 5.26 Å². The lowest BCUT2D eigenvalue weighted by Crippen LogP contribution is -2.35. The molecule has 0 bridgehead atoms. The van der Waals surface area contributed by atoms with E-state index in [1.165, 1.54) is 16.0 Å². The van der Waals surface area contributed by atoms with Gasteiger partial charge in [-0.1, -0.05) is 57.5 Å². The molecule has 2 aromatic rings. The molecular formula is C19H23NS. The molecule has 0 saturated heterocycles. The van der Waals surface area contributed by atoms with Gasteiger partial charge >= 0.3 is 0 Å². The molecule has 0 saturated carbocycles. The molecular weight excluding hydrogens is 274 g/mol. The van der Waals surface area contributed by atoms with Crippen molar-refractivity contribution in [1.82, 2.24) is 0 Å². The molecule has 0 fully saturated rings. The predicted octanol–water partition coefficient (Wildman–Crippen LogP) is 5.80. The van der Waals surface area contributed by atoms with Gasteiger partial charge in [-0.15, -0.1) is 11.3 Å². The van der Waals surface area contributed by atoms with E-state index in [4.69, 9.17) is 0 Å². The van der Waals surface area contributed by atoms with Crippen LogP contribution in [-0.2, 0) is 5.41 Å². The van der Waals surface area contributed by atoms with Crippen molar-refractivity contribution in [3.8, 4) is 16.5 Å². The highest BCUT2D eigenvalue weighted by Gasteiger charge is 2.40. The first-order valence-electron chi connectivity index (χ1n) is 7.49. The summed E-state index contributed by atoms with van der Waals surface area (Å²) < 4.78 is 0. The summed E-state index contributed by atoms with van der Waals surface area (Å²) in [5.41, 5.74) is 3.26. The van der Waals surface area contributed by atoms with Crippen molar-refractivity contribution in [3.63, 3.8) is 0 Å². The highest BCUT2D eigenvalue weighted by Crippen LogP contribution is 2.42. The standard InChI is InChI=1S/C19H23NS/c1-13(2)19(12-20,14(3)4)17-10-18(21-11-17)16-8-6-15(5)7-9-16/h6-11,13-14H,1-5H3. The zero-order chi connectivity index (χ0) is 15.6. The topological polar surface area (TPSA) is 23.8 Å². The largest absolute Gasteiger partial charge is 0.197 e. The second kappa shape index (κ2) is 6.03. The van der Waals surface area contributed by atoms with E-state index in [1.807, 2.05) is 0 Å². The Morgan fingerprint density at radius 3 is 2.10 bits per heavy atom. The van der Waals surface area contributed by atoms with Crippen LogP contribution < -0.4 is 0 Å². The zero-order valence-electron chi connectivity index (χ0n) is 13.5. The lowest BCUT2D eigenvalue weighted by atomic mass is 9.66. The Labute approximate surface area is 132 Å². The number of rotatable bonds is 4. The van der Waals surface area contributed by atoms with E-state index in [0.717, 1.165) is 5.56 Å². The summed E-state index contributed by atoms with van der Waals surface area (Å²) in [5, 5.41) is 12.0. The van der Waals surface area contributed by atoms with Crippen LogP contribution in [-0.4, -0.2) is 0 Å². The maximum atomic E-state index is 9.84. The number of nitriles is 1. The summed E-state index contributed by atoms with van der Waals surface area (Å²) in [6, 6.07) is 13.4.